The van der Waals surface area contributed by atoms with Crippen LogP contribution in [-0.2, 0) is 17.4 Å². The largest absolute Gasteiger partial charge is 0.477 e. The van der Waals surface area contributed by atoms with E-state index in [2.05, 4.69) is 6.58 Å². The van der Waals surface area contributed by atoms with Crippen LogP contribution in [0.5, 0.6) is 0 Å². The first-order valence-electron chi connectivity index (χ1n) is 9.20. The minimum absolute atomic E-state index is 0.00136. The van der Waals surface area contributed by atoms with Crippen molar-refractivity contribution in [3.05, 3.63) is 89.3 Å². The van der Waals surface area contributed by atoms with Crippen LogP contribution < -0.4 is 4.90 Å². The van der Waals surface area contributed by atoms with Gasteiger partial charge in [0.2, 0.25) is 5.91 Å². The van der Waals surface area contributed by atoms with Crippen LogP contribution in [0, 0.1) is 0 Å². The molecule has 0 aliphatic rings. The summed E-state index contributed by atoms with van der Waals surface area (Å²) in [5.74, 6) is -1.61. The Bertz CT molecular complexity index is 1090. The molecule has 3 aromatic rings. The third-order valence-corrected chi connectivity index (χ3v) is 5.67. The first-order chi connectivity index (χ1) is 14.7. The normalized spacial score (nSPS) is 11.2. The maximum absolute atomic E-state index is 13.0. The van der Waals surface area contributed by atoms with Crippen molar-refractivity contribution in [1.29, 1.82) is 0 Å². The molecule has 0 bridgehead atoms. The van der Waals surface area contributed by atoms with Crippen LogP contribution in [0.2, 0.25) is 0 Å². The second-order valence-corrected chi connectivity index (χ2v) is 7.71. The van der Waals surface area contributed by atoms with Crippen LogP contribution in [0.3, 0.4) is 0 Å². The Morgan fingerprint density at radius 1 is 1.06 bits per heavy atom. The van der Waals surface area contributed by atoms with Crippen molar-refractivity contribution in [3.8, 4) is 10.4 Å². The summed E-state index contributed by atoms with van der Waals surface area (Å²) in [5.41, 5.74) is 0.635. The SMILES string of the molecule is C=CCN(C(=O)Cc1ccc(C(F)(F)F)cc1)c1cc(-c2ccccc2)sc1C(=O)O. The summed E-state index contributed by atoms with van der Waals surface area (Å²) < 4.78 is 38.3. The number of rotatable bonds is 7. The Balaban J connectivity index is 1.92. The lowest BCUT2D eigenvalue weighted by Gasteiger charge is -2.21. The summed E-state index contributed by atoms with van der Waals surface area (Å²) in [6, 6.07) is 15.1. The molecule has 1 amide bonds. The van der Waals surface area contributed by atoms with E-state index in [4.69, 9.17) is 0 Å². The molecule has 160 valence electrons. The smallest absolute Gasteiger partial charge is 0.416 e. The minimum atomic E-state index is -4.46. The molecule has 0 radical (unpaired) electrons. The molecule has 4 nitrogen and oxygen atoms in total. The van der Waals surface area contributed by atoms with Gasteiger partial charge in [-0.05, 0) is 29.3 Å². The van der Waals surface area contributed by atoms with Crippen molar-refractivity contribution in [2.45, 2.75) is 12.6 Å². The van der Waals surface area contributed by atoms with Crippen LogP contribution in [0.1, 0.15) is 20.8 Å². The lowest BCUT2D eigenvalue weighted by atomic mass is 10.1. The summed E-state index contributed by atoms with van der Waals surface area (Å²) in [6.07, 6.45) is -3.17. The van der Waals surface area contributed by atoms with Gasteiger partial charge < -0.3 is 10.0 Å². The first kappa shape index (κ1) is 22.3. The van der Waals surface area contributed by atoms with Crippen LogP contribution in [0.25, 0.3) is 10.4 Å². The standard InChI is InChI=1S/C23H18F3NO3S/c1-2-12-27(20(28)13-15-8-10-17(11-9-15)23(24,25)26)18-14-19(31-21(18)22(29)30)16-6-4-3-5-7-16/h2-11,14H,1,12-13H2,(H,29,30). The summed E-state index contributed by atoms with van der Waals surface area (Å²) in [5, 5.41) is 9.66. The van der Waals surface area contributed by atoms with Crippen LogP contribution in [0.4, 0.5) is 18.9 Å². The maximum Gasteiger partial charge on any atom is 0.416 e. The number of anilines is 1. The molecule has 1 heterocycles. The van der Waals surface area contributed by atoms with E-state index in [0.29, 0.717) is 10.4 Å². The van der Waals surface area contributed by atoms with Crippen molar-refractivity contribution in [2.75, 3.05) is 11.4 Å². The molecule has 0 saturated carbocycles. The van der Waals surface area contributed by atoms with Gasteiger partial charge in [0.25, 0.3) is 0 Å². The highest BCUT2D eigenvalue weighted by Crippen LogP contribution is 2.37. The maximum atomic E-state index is 13.0. The first-order valence-corrected chi connectivity index (χ1v) is 10.0. The van der Waals surface area contributed by atoms with Gasteiger partial charge in [-0.25, -0.2) is 4.79 Å². The Labute approximate surface area is 180 Å². The number of benzene rings is 2. The number of nitrogens with zero attached hydrogens (tertiary/aromatic N) is 1. The van der Waals surface area contributed by atoms with E-state index < -0.39 is 23.6 Å². The number of carboxylic acids is 1. The van der Waals surface area contributed by atoms with E-state index in [1.165, 1.54) is 23.1 Å². The number of carbonyl (C=O) groups excluding carboxylic acids is 1. The zero-order chi connectivity index (χ0) is 22.6. The number of hydrogen-bond donors (Lipinski definition) is 1. The quantitative estimate of drug-likeness (QED) is 0.461. The predicted molar refractivity (Wildman–Crippen MR) is 114 cm³/mol. The van der Waals surface area contributed by atoms with Crippen molar-refractivity contribution >= 4 is 28.9 Å². The van der Waals surface area contributed by atoms with Crippen LogP contribution >= 0.6 is 11.3 Å². The molecule has 0 unspecified atom stereocenters. The summed E-state index contributed by atoms with van der Waals surface area (Å²) >= 11 is 1.05. The monoisotopic (exact) mass is 445 g/mol. The summed E-state index contributed by atoms with van der Waals surface area (Å²) in [7, 11) is 0. The second-order valence-electron chi connectivity index (χ2n) is 6.66. The molecule has 0 saturated heterocycles. The number of carbonyl (C=O) groups is 2. The number of halogens is 3. The minimum Gasteiger partial charge on any atom is -0.477 e. The van der Waals surface area contributed by atoms with Gasteiger partial charge in [0, 0.05) is 11.4 Å². The fourth-order valence-electron chi connectivity index (χ4n) is 3.03. The van der Waals surface area contributed by atoms with Crippen molar-refractivity contribution in [1.82, 2.24) is 0 Å². The molecular formula is C23H18F3NO3S. The molecular weight excluding hydrogens is 427 g/mol. The highest BCUT2D eigenvalue weighted by Gasteiger charge is 2.30. The number of aromatic carboxylic acids is 1. The number of carboxylic acid groups (broad SMARTS) is 1. The molecule has 1 N–H and O–H groups in total. The van der Waals surface area contributed by atoms with E-state index in [9.17, 15) is 27.9 Å². The number of thiophene rings is 1. The third-order valence-electron chi connectivity index (χ3n) is 4.51. The van der Waals surface area contributed by atoms with E-state index in [1.54, 1.807) is 6.07 Å². The zero-order valence-corrected chi connectivity index (χ0v) is 17.0. The van der Waals surface area contributed by atoms with E-state index >= 15 is 0 Å². The Kier molecular flexibility index (Phi) is 6.60. The molecule has 2 aromatic carbocycles. The van der Waals surface area contributed by atoms with Gasteiger partial charge in [-0.15, -0.1) is 17.9 Å². The second kappa shape index (κ2) is 9.18. The molecule has 0 atom stereocenters. The van der Waals surface area contributed by atoms with Crippen molar-refractivity contribution < 1.29 is 27.9 Å². The third kappa shape index (κ3) is 5.21. The summed E-state index contributed by atoms with van der Waals surface area (Å²) in [4.78, 5) is 26.8. The summed E-state index contributed by atoms with van der Waals surface area (Å²) in [6.45, 7) is 3.69. The molecule has 0 aliphatic heterocycles. The zero-order valence-electron chi connectivity index (χ0n) is 16.2. The van der Waals surface area contributed by atoms with Gasteiger partial charge >= 0.3 is 12.1 Å². The van der Waals surface area contributed by atoms with Gasteiger partial charge in [0.15, 0.2) is 0 Å². The van der Waals surface area contributed by atoms with Gasteiger partial charge in [0.05, 0.1) is 17.7 Å². The molecule has 0 spiro atoms. The molecule has 1 aromatic heterocycles. The van der Waals surface area contributed by atoms with Gasteiger partial charge in [-0.3, -0.25) is 4.79 Å². The number of alkyl halides is 3. The Morgan fingerprint density at radius 2 is 1.71 bits per heavy atom. The molecule has 8 heteroatoms. The fourth-order valence-corrected chi connectivity index (χ4v) is 4.03. The average molecular weight is 445 g/mol. The lowest BCUT2D eigenvalue weighted by Crippen LogP contribution is -2.33. The Hall–Kier alpha value is -3.39. The average Bonchev–Trinajstić information content (AvgIpc) is 3.18. The number of hydrogen-bond acceptors (Lipinski definition) is 3. The van der Waals surface area contributed by atoms with Gasteiger partial charge in [-0.1, -0.05) is 48.5 Å². The van der Waals surface area contributed by atoms with Gasteiger partial charge in [0.1, 0.15) is 4.88 Å². The van der Waals surface area contributed by atoms with E-state index in [-0.39, 0.29) is 23.5 Å². The highest BCUT2D eigenvalue weighted by atomic mass is 32.1. The highest BCUT2D eigenvalue weighted by molar-refractivity contribution is 7.18. The Morgan fingerprint density at radius 3 is 2.26 bits per heavy atom. The van der Waals surface area contributed by atoms with Crippen LogP contribution in [0.15, 0.2) is 73.3 Å². The predicted octanol–water partition coefficient (Wildman–Crippen LogP) is 5.89. The molecule has 31 heavy (non-hydrogen) atoms. The van der Waals surface area contributed by atoms with Crippen LogP contribution in [-0.4, -0.2) is 23.5 Å². The van der Waals surface area contributed by atoms with E-state index in [1.807, 2.05) is 30.3 Å². The van der Waals surface area contributed by atoms with Gasteiger partial charge in [-0.2, -0.15) is 13.2 Å². The molecule has 0 fully saturated rings. The van der Waals surface area contributed by atoms with Crippen molar-refractivity contribution in [3.63, 3.8) is 0 Å². The molecule has 3 rings (SSSR count). The fraction of sp³-hybridized carbons (Fsp3) is 0.130. The van der Waals surface area contributed by atoms with E-state index in [0.717, 1.165) is 29.0 Å². The van der Waals surface area contributed by atoms with Crippen molar-refractivity contribution in [2.24, 2.45) is 0 Å². The topological polar surface area (TPSA) is 57.6 Å². The lowest BCUT2D eigenvalue weighted by molar-refractivity contribution is -0.137. The number of amides is 1. The molecule has 0 aliphatic carbocycles.